The van der Waals surface area contributed by atoms with Crippen molar-refractivity contribution in [2.45, 2.75) is 5.92 Å². The highest BCUT2D eigenvalue weighted by molar-refractivity contribution is 9.10. The van der Waals surface area contributed by atoms with Crippen LogP contribution in [0.2, 0.25) is 0 Å². The van der Waals surface area contributed by atoms with Crippen LogP contribution in [0.3, 0.4) is 0 Å². The summed E-state index contributed by atoms with van der Waals surface area (Å²) < 4.78 is 11.3. The van der Waals surface area contributed by atoms with Crippen LogP contribution in [0, 0.1) is 5.41 Å². The molecule has 124 valence electrons. The lowest BCUT2D eigenvalue weighted by Gasteiger charge is -2.10. The minimum absolute atomic E-state index is 0.0957. The van der Waals surface area contributed by atoms with E-state index in [0.29, 0.717) is 26.5 Å². The van der Waals surface area contributed by atoms with Gasteiger partial charge in [0.25, 0.3) is 0 Å². The second-order valence-electron chi connectivity index (χ2n) is 4.87. The van der Waals surface area contributed by atoms with Gasteiger partial charge in [-0.05, 0) is 23.8 Å². The maximum atomic E-state index is 12.7. The fourth-order valence-electron chi connectivity index (χ4n) is 2.31. The number of hydrogen-bond acceptors (Lipinski definition) is 7. The van der Waals surface area contributed by atoms with Crippen LogP contribution in [0.5, 0.6) is 11.5 Å². The third-order valence-corrected chi connectivity index (χ3v) is 6.00. The molecule has 0 saturated carbocycles. The molecule has 1 N–H and O–H groups in total. The van der Waals surface area contributed by atoms with Crippen molar-refractivity contribution in [1.82, 2.24) is 4.98 Å². The van der Waals surface area contributed by atoms with E-state index in [2.05, 4.69) is 20.9 Å². The molecule has 1 aliphatic heterocycles. The van der Waals surface area contributed by atoms with Gasteiger partial charge in [-0.2, -0.15) is 0 Å². The number of carbonyl (C=O) groups excluding carboxylic acids is 1. The number of ether oxygens (including phenoxy) is 2. The first kappa shape index (κ1) is 17.2. The SMILES string of the molecule is COc1cc(Br)c(/C=C2\SC(=N)[C@H](c3nccs3)C2=O)cc1OC. The maximum absolute atomic E-state index is 12.7. The number of benzene rings is 1. The average Bonchev–Trinajstić information content (AvgIpc) is 3.17. The van der Waals surface area contributed by atoms with Crippen LogP contribution in [0.15, 0.2) is 33.1 Å². The topological polar surface area (TPSA) is 72.3 Å². The Morgan fingerprint density at radius 1 is 1.29 bits per heavy atom. The molecule has 1 saturated heterocycles. The van der Waals surface area contributed by atoms with Gasteiger partial charge >= 0.3 is 0 Å². The quantitative estimate of drug-likeness (QED) is 0.738. The molecular formula is C16H13BrN2O3S2. The van der Waals surface area contributed by atoms with Gasteiger partial charge < -0.3 is 9.47 Å². The van der Waals surface area contributed by atoms with E-state index in [4.69, 9.17) is 14.9 Å². The first-order valence-electron chi connectivity index (χ1n) is 6.88. The lowest BCUT2D eigenvalue weighted by Crippen LogP contribution is -2.11. The van der Waals surface area contributed by atoms with Crippen LogP contribution in [0.25, 0.3) is 6.08 Å². The van der Waals surface area contributed by atoms with Gasteiger partial charge in [-0.15, -0.1) is 11.3 Å². The lowest BCUT2D eigenvalue weighted by atomic mass is 10.0. The molecule has 0 radical (unpaired) electrons. The number of nitrogens with zero attached hydrogens (tertiary/aromatic N) is 1. The van der Waals surface area contributed by atoms with Crippen LogP contribution >= 0.6 is 39.0 Å². The summed E-state index contributed by atoms with van der Waals surface area (Å²) in [6.45, 7) is 0. The Morgan fingerprint density at radius 2 is 2.00 bits per heavy atom. The van der Waals surface area contributed by atoms with E-state index in [0.717, 1.165) is 10.0 Å². The molecule has 0 amide bonds. The Bertz CT molecular complexity index is 834. The summed E-state index contributed by atoms with van der Waals surface area (Å²) in [5.74, 6) is 0.502. The molecule has 1 aliphatic rings. The molecule has 0 spiro atoms. The smallest absolute Gasteiger partial charge is 0.186 e. The zero-order chi connectivity index (χ0) is 17.3. The number of halogens is 1. The number of methoxy groups -OCH3 is 2. The van der Waals surface area contributed by atoms with Gasteiger partial charge in [0.15, 0.2) is 17.3 Å². The van der Waals surface area contributed by atoms with Crippen molar-refractivity contribution in [3.63, 3.8) is 0 Å². The van der Waals surface area contributed by atoms with Crippen molar-refractivity contribution in [2.75, 3.05) is 14.2 Å². The maximum Gasteiger partial charge on any atom is 0.186 e. The molecule has 3 rings (SSSR count). The highest BCUT2D eigenvalue weighted by Crippen LogP contribution is 2.42. The van der Waals surface area contributed by atoms with E-state index in [-0.39, 0.29) is 5.78 Å². The molecule has 2 heterocycles. The lowest BCUT2D eigenvalue weighted by molar-refractivity contribution is -0.114. The third kappa shape index (κ3) is 3.13. The number of thioether (sulfide) groups is 1. The number of hydrogen-bond donors (Lipinski definition) is 1. The summed E-state index contributed by atoms with van der Waals surface area (Å²) in [6.07, 6.45) is 3.42. The molecule has 1 aromatic carbocycles. The summed E-state index contributed by atoms with van der Waals surface area (Å²) in [4.78, 5) is 17.4. The van der Waals surface area contributed by atoms with Crippen LogP contribution < -0.4 is 9.47 Å². The minimum atomic E-state index is -0.583. The van der Waals surface area contributed by atoms with E-state index in [1.54, 1.807) is 38.6 Å². The zero-order valence-electron chi connectivity index (χ0n) is 12.8. The van der Waals surface area contributed by atoms with Crippen LogP contribution in [0.4, 0.5) is 0 Å². The fraction of sp³-hybridized carbons (Fsp3) is 0.188. The molecule has 1 atom stereocenters. The van der Waals surface area contributed by atoms with Gasteiger partial charge in [0, 0.05) is 16.0 Å². The molecule has 1 fully saturated rings. The van der Waals surface area contributed by atoms with Gasteiger partial charge in [0.1, 0.15) is 10.9 Å². The molecule has 2 aromatic rings. The summed E-state index contributed by atoms with van der Waals surface area (Å²) in [5, 5.41) is 10.9. The Kier molecular flexibility index (Phi) is 5.07. The molecular weight excluding hydrogens is 412 g/mol. The average molecular weight is 425 g/mol. The number of allylic oxidation sites excluding steroid dienone is 1. The van der Waals surface area contributed by atoms with Crippen molar-refractivity contribution in [2.24, 2.45) is 0 Å². The standard InChI is InChI=1S/C16H13BrN2O3S2/c1-21-10-5-8(9(17)7-11(10)22-2)6-12-14(20)13(15(18)24-12)16-19-3-4-23-16/h3-7,13,18H,1-2H3/b12-6-,18-15?/t13-/m1/s1. The van der Waals surface area contributed by atoms with Gasteiger partial charge in [-0.25, -0.2) is 4.98 Å². The minimum Gasteiger partial charge on any atom is -0.493 e. The highest BCUT2D eigenvalue weighted by Gasteiger charge is 2.38. The van der Waals surface area contributed by atoms with Crippen molar-refractivity contribution in [1.29, 1.82) is 5.41 Å². The Hall–Kier alpha value is -1.64. The van der Waals surface area contributed by atoms with Crippen LogP contribution in [-0.4, -0.2) is 30.0 Å². The number of carbonyl (C=O) groups is 1. The summed E-state index contributed by atoms with van der Waals surface area (Å²) in [6, 6.07) is 3.59. The van der Waals surface area contributed by atoms with Gasteiger partial charge in [0.2, 0.25) is 0 Å². The number of thiazole rings is 1. The predicted molar refractivity (Wildman–Crippen MR) is 100 cm³/mol. The first-order chi connectivity index (χ1) is 11.5. The van der Waals surface area contributed by atoms with Crippen LogP contribution in [0.1, 0.15) is 16.5 Å². The molecule has 24 heavy (non-hydrogen) atoms. The van der Waals surface area contributed by atoms with Crippen molar-refractivity contribution >= 4 is 55.9 Å². The number of ketones is 1. The Morgan fingerprint density at radius 3 is 2.62 bits per heavy atom. The van der Waals surface area contributed by atoms with E-state index in [1.807, 2.05) is 5.38 Å². The first-order valence-corrected chi connectivity index (χ1v) is 9.37. The van der Waals surface area contributed by atoms with Crippen molar-refractivity contribution < 1.29 is 14.3 Å². The molecule has 8 heteroatoms. The monoisotopic (exact) mass is 424 g/mol. The highest BCUT2D eigenvalue weighted by atomic mass is 79.9. The summed E-state index contributed by atoms with van der Waals surface area (Å²) in [5.41, 5.74) is 0.788. The Balaban J connectivity index is 1.98. The van der Waals surface area contributed by atoms with Gasteiger partial charge in [0.05, 0.1) is 24.2 Å². The number of nitrogens with one attached hydrogen (secondary N) is 1. The fourth-order valence-corrected chi connectivity index (χ4v) is 4.55. The van der Waals surface area contributed by atoms with Crippen molar-refractivity contribution in [3.05, 3.63) is 43.7 Å². The van der Waals surface area contributed by atoms with E-state index < -0.39 is 5.92 Å². The molecule has 0 aliphatic carbocycles. The molecule has 0 unspecified atom stereocenters. The van der Waals surface area contributed by atoms with E-state index in [9.17, 15) is 4.79 Å². The second kappa shape index (κ2) is 7.08. The van der Waals surface area contributed by atoms with E-state index >= 15 is 0 Å². The van der Waals surface area contributed by atoms with Gasteiger partial charge in [-0.3, -0.25) is 10.2 Å². The molecule has 5 nitrogen and oxygen atoms in total. The normalized spacial score (nSPS) is 19.1. The predicted octanol–water partition coefficient (Wildman–Crippen LogP) is 4.34. The zero-order valence-corrected chi connectivity index (χ0v) is 16.0. The molecule has 1 aromatic heterocycles. The third-order valence-electron chi connectivity index (χ3n) is 3.47. The largest absolute Gasteiger partial charge is 0.493 e. The number of Topliss-reactive ketones (excluding diaryl/α,β-unsaturated/α-hetero) is 1. The van der Waals surface area contributed by atoms with E-state index in [1.165, 1.54) is 23.1 Å². The summed E-state index contributed by atoms with van der Waals surface area (Å²) >= 11 is 6.05. The van der Waals surface area contributed by atoms with Crippen molar-refractivity contribution in [3.8, 4) is 11.5 Å². The summed E-state index contributed by atoms with van der Waals surface area (Å²) in [7, 11) is 3.13. The van der Waals surface area contributed by atoms with Gasteiger partial charge in [-0.1, -0.05) is 27.7 Å². The number of rotatable bonds is 4. The van der Waals surface area contributed by atoms with Crippen LogP contribution in [-0.2, 0) is 4.79 Å². The molecule has 0 bridgehead atoms. The Labute approximate surface area is 155 Å². The number of aromatic nitrogens is 1. The second-order valence-corrected chi connectivity index (χ2v) is 7.74.